The Bertz CT molecular complexity index is 1710. The molecule has 11 nitrogen and oxygen atoms in total. The average Bonchev–Trinajstić information content (AvgIpc) is 3.42. The van der Waals surface area contributed by atoms with Crippen molar-refractivity contribution < 1.29 is 52.5 Å². The molecule has 0 saturated carbocycles. The van der Waals surface area contributed by atoms with Crippen molar-refractivity contribution in [1.29, 1.82) is 0 Å². The molecule has 11 heteroatoms. The Balaban J connectivity index is 1.53. The van der Waals surface area contributed by atoms with Crippen LogP contribution in [-0.2, 0) is 34.1 Å². The number of hydrogen-bond acceptors (Lipinski definition) is 11. The van der Waals surface area contributed by atoms with Crippen LogP contribution in [0.2, 0.25) is 0 Å². The number of aliphatic hydroxyl groups is 1. The first-order valence-corrected chi connectivity index (χ1v) is 15.4. The molecule has 0 amide bonds. The molecule has 0 spiro atoms. The van der Waals surface area contributed by atoms with Crippen molar-refractivity contribution in [2.75, 3.05) is 42.7 Å². The number of benzene rings is 3. The maximum absolute atomic E-state index is 14.5. The second-order valence-corrected chi connectivity index (χ2v) is 11.8. The molecule has 7 atom stereocenters. The Labute approximate surface area is 272 Å². The Hall–Kier alpha value is -4.13. The molecule has 3 aromatic carbocycles. The van der Waals surface area contributed by atoms with Gasteiger partial charge >= 0.3 is 0 Å². The summed E-state index contributed by atoms with van der Waals surface area (Å²) in [6.45, 7) is 0. The van der Waals surface area contributed by atoms with E-state index in [9.17, 15) is 9.90 Å². The summed E-state index contributed by atoms with van der Waals surface area (Å²) in [5, 5.41) is 11.9. The molecule has 1 aliphatic carbocycles. The molecule has 3 aliphatic heterocycles. The third-order valence-corrected chi connectivity index (χ3v) is 9.79. The van der Waals surface area contributed by atoms with Crippen molar-refractivity contribution in [2.45, 2.75) is 54.7 Å². The number of rotatable bonds is 8. The molecule has 0 radical (unpaired) electrons. The van der Waals surface area contributed by atoms with Crippen molar-refractivity contribution in [1.82, 2.24) is 0 Å². The van der Waals surface area contributed by atoms with Crippen LogP contribution in [0.25, 0.3) is 0 Å². The molecule has 0 bridgehead atoms. The summed E-state index contributed by atoms with van der Waals surface area (Å²) < 4.78 is 56.9. The molecule has 3 aromatic rings. The van der Waals surface area contributed by atoms with E-state index in [0.717, 1.165) is 11.1 Å². The SMILES string of the molecule is COc1c2c(c3c(c1OC)[C@@]1(OC)C4=C(C(=O)[C@H](OC)[C@@]1(OC)O3)[C@@H](OC)C[C@H](c1ccccc1)O4)[C@@H](O)C[C@H](c1ccccc1)O2. The standard InChI is InChI=1S/C36H38O11/c1-39-24-18-23(20-15-11-8-12-16-20)46-33-26(24)28(38)34(42-4)36(44-6)35(33,43-5)27-29(47-36)25-21(37)17-22(19-13-9-7-10-14-19)45-30(25)32(41-3)31(27)40-2/h7-16,21-24,34,37H,17-18H2,1-6H3/t21-,22+,23+,24-,34-,35+,36+/m0/s1. The fraction of sp³-hybridized carbons (Fsp3) is 0.417. The number of methoxy groups -OCH3 is 6. The first-order chi connectivity index (χ1) is 22.8. The van der Waals surface area contributed by atoms with Gasteiger partial charge in [-0.25, -0.2) is 0 Å². The predicted molar refractivity (Wildman–Crippen MR) is 167 cm³/mol. The zero-order valence-electron chi connectivity index (χ0n) is 27.1. The van der Waals surface area contributed by atoms with Crippen LogP contribution < -0.4 is 18.9 Å². The number of Topliss-reactive ketones (excluding diaryl/α,β-unsaturated/α-hetero) is 1. The molecule has 7 rings (SSSR count). The van der Waals surface area contributed by atoms with Crippen LogP contribution in [0.4, 0.5) is 0 Å². The van der Waals surface area contributed by atoms with E-state index in [4.69, 9.17) is 42.6 Å². The minimum atomic E-state index is -1.98. The van der Waals surface area contributed by atoms with Crippen LogP contribution in [0.5, 0.6) is 23.0 Å². The minimum Gasteiger partial charge on any atom is -0.492 e. The summed E-state index contributed by atoms with van der Waals surface area (Å²) in [5.41, 5.74) is 0.776. The number of fused-ring (bicyclic) bond motifs is 6. The van der Waals surface area contributed by atoms with Gasteiger partial charge in [-0.05, 0) is 11.1 Å². The summed E-state index contributed by atoms with van der Waals surface area (Å²) >= 11 is 0. The third-order valence-electron chi connectivity index (χ3n) is 9.79. The monoisotopic (exact) mass is 646 g/mol. The van der Waals surface area contributed by atoms with Crippen molar-refractivity contribution in [3.63, 3.8) is 0 Å². The second-order valence-electron chi connectivity index (χ2n) is 11.8. The summed E-state index contributed by atoms with van der Waals surface area (Å²) in [6, 6.07) is 19.3. The lowest BCUT2D eigenvalue weighted by Crippen LogP contribution is -2.69. The Morgan fingerprint density at radius 3 is 1.89 bits per heavy atom. The molecule has 3 heterocycles. The molecule has 0 fully saturated rings. The summed E-state index contributed by atoms with van der Waals surface area (Å²) in [6.07, 6.45) is -3.58. The van der Waals surface area contributed by atoms with Gasteiger partial charge in [-0.15, -0.1) is 0 Å². The van der Waals surface area contributed by atoms with Crippen LogP contribution in [-0.4, -0.2) is 71.5 Å². The van der Waals surface area contributed by atoms with Gasteiger partial charge in [-0.2, -0.15) is 0 Å². The second kappa shape index (κ2) is 11.8. The highest BCUT2D eigenvalue weighted by atomic mass is 16.8. The van der Waals surface area contributed by atoms with E-state index in [1.807, 2.05) is 60.7 Å². The molecule has 0 saturated heterocycles. The maximum Gasteiger partial charge on any atom is 0.285 e. The van der Waals surface area contributed by atoms with E-state index in [-0.39, 0.29) is 40.8 Å². The van der Waals surface area contributed by atoms with Gasteiger partial charge in [-0.3, -0.25) is 4.79 Å². The summed E-state index contributed by atoms with van der Waals surface area (Å²) in [7, 11) is 8.80. The topological polar surface area (TPSA) is 120 Å². The molecular weight excluding hydrogens is 608 g/mol. The highest BCUT2D eigenvalue weighted by Crippen LogP contribution is 2.69. The van der Waals surface area contributed by atoms with E-state index in [2.05, 4.69) is 0 Å². The summed E-state index contributed by atoms with van der Waals surface area (Å²) in [5.74, 6) is -1.48. The molecule has 0 unspecified atom stereocenters. The highest BCUT2D eigenvalue weighted by molar-refractivity contribution is 6.03. The third kappa shape index (κ3) is 4.20. The Kier molecular flexibility index (Phi) is 7.92. The van der Waals surface area contributed by atoms with E-state index >= 15 is 0 Å². The number of carbonyl (C=O) groups excluding carboxylic acids is 1. The highest BCUT2D eigenvalue weighted by Gasteiger charge is 2.77. The zero-order valence-corrected chi connectivity index (χ0v) is 27.1. The van der Waals surface area contributed by atoms with Crippen molar-refractivity contribution in [3.05, 3.63) is 94.2 Å². The number of aliphatic hydroxyl groups excluding tert-OH is 1. The molecule has 4 aliphatic rings. The first kappa shape index (κ1) is 31.5. The molecule has 0 aromatic heterocycles. The predicted octanol–water partition coefficient (Wildman–Crippen LogP) is 4.87. The van der Waals surface area contributed by atoms with Gasteiger partial charge < -0.3 is 47.7 Å². The minimum absolute atomic E-state index is 0.138. The molecule has 1 N–H and O–H groups in total. The maximum atomic E-state index is 14.5. The largest absolute Gasteiger partial charge is 0.492 e. The Morgan fingerprint density at radius 2 is 1.36 bits per heavy atom. The normalized spacial score (nSPS) is 30.6. The van der Waals surface area contributed by atoms with E-state index in [1.165, 1.54) is 35.5 Å². The Morgan fingerprint density at radius 1 is 0.745 bits per heavy atom. The number of carbonyl (C=O) groups is 1. The van der Waals surface area contributed by atoms with Crippen molar-refractivity contribution in [3.8, 4) is 23.0 Å². The van der Waals surface area contributed by atoms with E-state index in [0.29, 0.717) is 17.5 Å². The van der Waals surface area contributed by atoms with Gasteiger partial charge in [0.2, 0.25) is 17.1 Å². The van der Waals surface area contributed by atoms with Crippen molar-refractivity contribution >= 4 is 5.78 Å². The van der Waals surface area contributed by atoms with Crippen LogP contribution in [0, 0.1) is 0 Å². The fourth-order valence-corrected chi connectivity index (χ4v) is 7.74. The number of ketones is 1. The van der Waals surface area contributed by atoms with Gasteiger partial charge in [0.25, 0.3) is 5.79 Å². The lowest BCUT2D eigenvalue weighted by molar-refractivity contribution is -0.310. The smallest absolute Gasteiger partial charge is 0.285 e. The average molecular weight is 647 g/mol. The molecular formula is C36H38O11. The van der Waals surface area contributed by atoms with E-state index in [1.54, 1.807) is 7.11 Å². The number of hydrogen-bond donors (Lipinski definition) is 1. The quantitative estimate of drug-likeness (QED) is 0.361. The van der Waals surface area contributed by atoms with Gasteiger partial charge in [-0.1, -0.05) is 60.7 Å². The van der Waals surface area contributed by atoms with E-state index < -0.39 is 47.7 Å². The van der Waals surface area contributed by atoms with Gasteiger partial charge in [0, 0.05) is 41.3 Å². The number of ether oxygens (including phenoxy) is 9. The fourth-order valence-electron chi connectivity index (χ4n) is 7.74. The lowest BCUT2D eigenvalue weighted by Gasteiger charge is -2.51. The van der Waals surface area contributed by atoms with Gasteiger partial charge in [0.15, 0.2) is 23.4 Å². The van der Waals surface area contributed by atoms with Crippen LogP contribution in [0.1, 0.15) is 53.4 Å². The van der Waals surface area contributed by atoms with Crippen LogP contribution in [0.15, 0.2) is 72.0 Å². The van der Waals surface area contributed by atoms with Crippen LogP contribution in [0.3, 0.4) is 0 Å². The lowest BCUT2D eigenvalue weighted by atomic mass is 9.70. The molecule has 47 heavy (non-hydrogen) atoms. The van der Waals surface area contributed by atoms with Gasteiger partial charge in [0.05, 0.1) is 43.1 Å². The first-order valence-electron chi connectivity index (χ1n) is 15.4. The van der Waals surface area contributed by atoms with Gasteiger partial charge in [0.1, 0.15) is 18.0 Å². The molecule has 248 valence electrons. The van der Waals surface area contributed by atoms with Crippen molar-refractivity contribution in [2.24, 2.45) is 0 Å². The van der Waals surface area contributed by atoms with Crippen LogP contribution >= 0.6 is 0 Å². The zero-order chi connectivity index (χ0) is 33.1. The summed E-state index contributed by atoms with van der Waals surface area (Å²) in [4.78, 5) is 14.5.